The van der Waals surface area contributed by atoms with E-state index in [-0.39, 0.29) is 6.61 Å². The van der Waals surface area contributed by atoms with Gasteiger partial charge in [0.05, 0.1) is 11.6 Å². The average Bonchev–Trinajstić information content (AvgIpc) is 2.30. The predicted molar refractivity (Wildman–Crippen MR) is 63.7 cm³/mol. The van der Waals surface area contributed by atoms with Crippen LogP contribution in [0.4, 0.5) is 0 Å². The van der Waals surface area contributed by atoms with E-state index in [0.29, 0.717) is 12.5 Å². The highest BCUT2D eigenvalue weighted by atomic mass is 16.3. The number of rotatable bonds is 6. The molecule has 1 unspecified atom stereocenters. The first-order valence-electron chi connectivity index (χ1n) is 5.57. The van der Waals surface area contributed by atoms with E-state index in [1.165, 1.54) is 0 Å². The number of aliphatic hydroxyl groups excluding tert-OH is 1. The van der Waals surface area contributed by atoms with E-state index in [9.17, 15) is 0 Å². The van der Waals surface area contributed by atoms with Gasteiger partial charge in [0.25, 0.3) is 0 Å². The molecule has 3 nitrogen and oxygen atoms in total. The Morgan fingerprint density at radius 2 is 2.19 bits per heavy atom. The van der Waals surface area contributed by atoms with E-state index < -0.39 is 0 Å². The molecule has 1 rings (SSSR count). The fraction of sp³-hybridized carbons (Fsp3) is 0.462. The summed E-state index contributed by atoms with van der Waals surface area (Å²) in [6.45, 7) is 3.90. The van der Waals surface area contributed by atoms with Crippen molar-refractivity contribution >= 4 is 0 Å². The number of nitrogens with one attached hydrogen (secondary N) is 1. The first-order chi connectivity index (χ1) is 7.77. The number of hydrogen-bond donors (Lipinski definition) is 2. The third-order valence-electron chi connectivity index (χ3n) is 2.57. The Hall–Kier alpha value is -1.37. The Bertz CT molecular complexity index is 357. The molecule has 3 heteroatoms. The molecule has 0 spiro atoms. The molecule has 0 saturated carbocycles. The maximum absolute atomic E-state index is 8.90. The second-order valence-electron chi connectivity index (χ2n) is 4.02. The van der Waals surface area contributed by atoms with Crippen LogP contribution >= 0.6 is 0 Å². The summed E-state index contributed by atoms with van der Waals surface area (Å²) in [4.78, 5) is 0. The van der Waals surface area contributed by atoms with Crippen LogP contribution in [0, 0.1) is 17.2 Å². The van der Waals surface area contributed by atoms with Crippen LogP contribution < -0.4 is 5.32 Å². The third-order valence-corrected chi connectivity index (χ3v) is 2.57. The van der Waals surface area contributed by atoms with Crippen LogP contribution in [-0.2, 0) is 6.54 Å². The molecular weight excluding hydrogens is 200 g/mol. The van der Waals surface area contributed by atoms with Gasteiger partial charge in [-0.15, -0.1) is 0 Å². The fourth-order valence-corrected chi connectivity index (χ4v) is 1.56. The zero-order chi connectivity index (χ0) is 11.8. The highest BCUT2D eigenvalue weighted by molar-refractivity contribution is 5.37. The Kier molecular flexibility index (Phi) is 5.55. The van der Waals surface area contributed by atoms with Crippen molar-refractivity contribution in [1.29, 1.82) is 5.26 Å². The zero-order valence-electron chi connectivity index (χ0n) is 9.61. The Morgan fingerprint density at radius 3 is 2.88 bits per heavy atom. The summed E-state index contributed by atoms with van der Waals surface area (Å²) in [6, 6.07) is 9.78. The largest absolute Gasteiger partial charge is 0.396 e. The van der Waals surface area contributed by atoms with Gasteiger partial charge in [0.15, 0.2) is 0 Å². The van der Waals surface area contributed by atoms with Crippen LogP contribution in [0.25, 0.3) is 0 Å². The lowest BCUT2D eigenvalue weighted by Gasteiger charge is -2.11. The maximum Gasteiger partial charge on any atom is 0.0995 e. The highest BCUT2D eigenvalue weighted by Gasteiger charge is 2.02. The van der Waals surface area contributed by atoms with E-state index in [2.05, 4.69) is 18.3 Å². The van der Waals surface area contributed by atoms with Gasteiger partial charge in [-0.25, -0.2) is 0 Å². The molecule has 0 amide bonds. The lowest BCUT2D eigenvalue weighted by Crippen LogP contribution is -2.21. The number of nitrogens with zero attached hydrogens (tertiary/aromatic N) is 1. The van der Waals surface area contributed by atoms with Crippen molar-refractivity contribution < 1.29 is 5.11 Å². The molecule has 0 fully saturated rings. The maximum atomic E-state index is 8.90. The zero-order valence-corrected chi connectivity index (χ0v) is 9.61. The van der Waals surface area contributed by atoms with Crippen molar-refractivity contribution in [3.63, 3.8) is 0 Å². The first kappa shape index (κ1) is 12.7. The number of benzene rings is 1. The molecular formula is C13H18N2O. The van der Waals surface area contributed by atoms with Crippen LogP contribution in [0.1, 0.15) is 24.5 Å². The molecule has 1 atom stereocenters. The second-order valence-corrected chi connectivity index (χ2v) is 4.02. The van der Waals surface area contributed by atoms with E-state index in [1.54, 1.807) is 0 Å². The number of hydrogen-bond acceptors (Lipinski definition) is 3. The highest BCUT2D eigenvalue weighted by Crippen LogP contribution is 2.07. The Balaban J connectivity index is 2.40. The van der Waals surface area contributed by atoms with Crippen molar-refractivity contribution in [2.24, 2.45) is 5.92 Å². The van der Waals surface area contributed by atoms with Gasteiger partial charge in [-0.05, 0) is 30.5 Å². The molecule has 16 heavy (non-hydrogen) atoms. The van der Waals surface area contributed by atoms with E-state index in [0.717, 1.165) is 24.1 Å². The topological polar surface area (TPSA) is 56.0 Å². The first-order valence-corrected chi connectivity index (χ1v) is 5.57. The van der Waals surface area contributed by atoms with E-state index >= 15 is 0 Å². The smallest absolute Gasteiger partial charge is 0.0995 e. The summed E-state index contributed by atoms with van der Waals surface area (Å²) in [7, 11) is 0. The van der Waals surface area contributed by atoms with Gasteiger partial charge in [-0.3, -0.25) is 0 Å². The van der Waals surface area contributed by atoms with Gasteiger partial charge in [-0.1, -0.05) is 25.1 Å². The molecule has 0 saturated heterocycles. The molecule has 0 heterocycles. The van der Waals surface area contributed by atoms with Crippen LogP contribution in [-0.4, -0.2) is 18.3 Å². The van der Waals surface area contributed by atoms with Crippen molar-refractivity contribution in [2.45, 2.75) is 19.9 Å². The van der Waals surface area contributed by atoms with Gasteiger partial charge in [-0.2, -0.15) is 5.26 Å². The SMILES string of the molecule is CC(CCO)CNCc1ccccc1C#N. The third kappa shape index (κ3) is 4.01. The second kappa shape index (κ2) is 7.00. The molecule has 1 aromatic rings. The lowest BCUT2D eigenvalue weighted by atomic mass is 10.1. The van der Waals surface area contributed by atoms with Gasteiger partial charge in [0, 0.05) is 13.2 Å². The minimum absolute atomic E-state index is 0.234. The van der Waals surface area contributed by atoms with Crippen molar-refractivity contribution in [2.75, 3.05) is 13.2 Å². The summed E-state index contributed by atoms with van der Waals surface area (Å²) in [5, 5.41) is 21.0. The number of aliphatic hydroxyl groups is 1. The summed E-state index contributed by atoms with van der Waals surface area (Å²) in [6.07, 6.45) is 0.812. The quantitative estimate of drug-likeness (QED) is 0.763. The summed E-state index contributed by atoms with van der Waals surface area (Å²) >= 11 is 0. The molecule has 86 valence electrons. The standard InChI is InChI=1S/C13H18N2O/c1-11(6-7-16)9-15-10-13-5-3-2-4-12(13)8-14/h2-5,11,15-16H,6-7,9-10H2,1H3. The summed E-state index contributed by atoms with van der Waals surface area (Å²) < 4.78 is 0. The van der Waals surface area contributed by atoms with Crippen molar-refractivity contribution in [1.82, 2.24) is 5.32 Å². The molecule has 0 aliphatic rings. The molecule has 0 aromatic heterocycles. The minimum atomic E-state index is 0.234. The van der Waals surface area contributed by atoms with E-state index in [1.807, 2.05) is 24.3 Å². The molecule has 0 aliphatic carbocycles. The van der Waals surface area contributed by atoms with Gasteiger partial charge >= 0.3 is 0 Å². The minimum Gasteiger partial charge on any atom is -0.396 e. The molecule has 2 N–H and O–H groups in total. The average molecular weight is 218 g/mol. The monoisotopic (exact) mass is 218 g/mol. The molecule has 0 aliphatic heterocycles. The van der Waals surface area contributed by atoms with Crippen molar-refractivity contribution in [3.8, 4) is 6.07 Å². The summed E-state index contributed by atoms with van der Waals surface area (Å²) in [5.74, 6) is 0.458. The van der Waals surface area contributed by atoms with Gasteiger partial charge < -0.3 is 10.4 Å². The van der Waals surface area contributed by atoms with Crippen LogP contribution in [0.3, 0.4) is 0 Å². The van der Waals surface area contributed by atoms with Crippen LogP contribution in [0.2, 0.25) is 0 Å². The lowest BCUT2D eigenvalue weighted by molar-refractivity contribution is 0.260. The van der Waals surface area contributed by atoms with E-state index in [4.69, 9.17) is 10.4 Å². The Morgan fingerprint density at radius 1 is 1.44 bits per heavy atom. The molecule has 0 bridgehead atoms. The number of nitriles is 1. The fourth-order valence-electron chi connectivity index (χ4n) is 1.56. The normalized spacial score (nSPS) is 12.1. The van der Waals surface area contributed by atoms with Gasteiger partial charge in [0.2, 0.25) is 0 Å². The molecule has 0 radical (unpaired) electrons. The van der Waals surface area contributed by atoms with Crippen LogP contribution in [0.5, 0.6) is 0 Å². The van der Waals surface area contributed by atoms with Crippen LogP contribution in [0.15, 0.2) is 24.3 Å². The van der Waals surface area contributed by atoms with Crippen molar-refractivity contribution in [3.05, 3.63) is 35.4 Å². The predicted octanol–water partition coefficient (Wildman–Crippen LogP) is 1.67. The Labute approximate surface area is 96.7 Å². The summed E-state index contributed by atoms with van der Waals surface area (Å²) in [5.41, 5.74) is 1.76. The molecule has 1 aromatic carbocycles. The van der Waals surface area contributed by atoms with Gasteiger partial charge in [0.1, 0.15) is 0 Å².